The first-order valence-corrected chi connectivity index (χ1v) is 15.2. The molecule has 0 amide bonds. The number of ether oxygens (including phenoxy) is 2. The molecule has 216 valence electrons. The van der Waals surface area contributed by atoms with Crippen LogP contribution in [-0.2, 0) is 19.1 Å². The normalized spacial score (nSPS) is 33.2. The molecule has 2 aliphatic heterocycles. The summed E-state index contributed by atoms with van der Waals surface area (Å²) in [7, 11) is 0. The Morgan fingerprint density at radius 3 is 1.61 bits per heavy atom. The van der Waals surface area contributed by atoms with E-state index >= 15 is 0 Å². The van der Waals surface area contributed by atoms with Gasteiger partial charge in [0.05, 0.1) is 5.92 Å². The van der Waals surface area contributed by atoms with Gasteiger partial charge in [0.25, 0.3) is 0 Å². The molecule has 1 saturated carbocycles. The molecule has 2 heterocycles. The third-order valence-electron chi connectivity index (χ3n) is 9.35. The minimum absolute atomic E-state index is 0.00449. The minimum atomic E-state index is -0.113. The number of piperidine rings is 2. The highest BCUT2D eigenvalue weighted by molar-refractivity contribution is 5.88. The van der Waals surface area contributed by atoms with Crippen LogP contribution >= 0.6 is 0 Å². The van der Waals surface area contributed by atoms with E-state index < -0.39 is 0 Å². The quantitative estimate of drug-likeness (QED) is 0.411. The molecule has 1 atom stereocenters. The number of hydrogen-bond donors (Lipinski definition) is 2. The van der Waals surface area contributed by atoms with Gasteiger partial charge in [-0.15, -0.1) is 0 Å². The highest BCUT2D eigenvalue weighted by Crippen LogP contribution is 2.41. The summed E-state index contributed by atoms with van der Waals surface area (Å²) in [5.74, 6) is 1.18. The minimum Gasteiger partial charge on any atom is -0.462 e. The van der Waals surface area contributed by atoms with E-state index in [2.05, 4.69) is 72.1 Å². The molecule has 0 spiro atoms. The molecule has 3 fully saturated rings. The number of allylic oxidation sites excluding steroid dienone is 1. The molecule has 4 rings (SSSR count). The number of carbonyl (C=O) groups excluding carboxylic acids is 2. The van der Waals surface area contributed by atoms with Crippen LogP contribution in [-0.4, -0.2) is 46.3 Å². The van der Waals surface area contributed by atoms with Crippen molar-refractivity contribution in [1.82, 2.24) is 10.6 Å². The summed E-state index contributed by atoms with van der Waals surface area (Å²) in [6.45, 7) is 17.5. The molecule has 2 N–H and O–H groups in total. The zero-order valence-electron chi connectivity index (χ0n) is 25.4. The average molecular weight is 531 g/mol. The Morgan fingerprint density at radius 1 is 0.684 bits per heavy atom. The van der Waals surface area contributed by atoms with Gasteiger partial charge < -0.3 is 20.1 Å². The fourth-order valence-electron chi connectivity index (χ4n) is 8.41. The van der Waals surface area contributed by atoms with Crippen molar-refractivity contribution in [3.05, 3.63) is 11.6 Å². The largest absolute Gasteiger partial charge is 0.462 e. The van der Waals surface area contributed by atoms with Gasteiger partial charge in [0.15, 0.2) is 0 Å². The van der Waals surface area contributed by atoms with Gasteiger partial charge >= 0.3 is 11.9 Å². The Labute approximate surface area is 231 Å². The van der Waals surface area contributed by atoms with Crippen LogP contribution in [0.4, 0.5) is 0 Å². The van der Waals surface area contributed by atoms with Crippen molar-refractivity contribution in [2.24, 2.45) is 17.8 Å². The Balaban J connectivity index is 1.22. The summed E-state index contributed by atoms with van der Waals surface area (Å²) >= 11 is 0. The average Bonchev–Trinajstić information content (AvgIpc) is 2.75. The molecule has 6 nitrogen and oxygen atoms in total. The van der Waals surface area contributed by atoms with E-state index in [0.717, 1.165) is 76.2 Å². The number of esters is 2. The molecule has 4 aliphatic rings. The molecule has 2 saturated heterocycles. The lowest BCUT2D eigenvalue weighted by atomic mass is 9.71. The van der Waals surface area contributed by atoms with Crippen molar-refractivity contribution in [1.29, 1.82) is 0 Å². The molecule has 38 heavy (non-hydrogen) atoms. The van der Waals surface area contributed by atoms with E-state index in [4.69, 9.17) is 9.47 Å². The van der Waals surface area contributed by atoms with Gasteiger partial charge in [-0.3, -0.25) is 4.79 Å². The van der Waals surface area contributed by atoms with Crippen molar-refractivity contribution in [3.8, 4) is 0 Å². The fourth-order valence-corrected chi connectivity index (χ4v) is 8.41. The second-order valence-corrected chi connectivity index (χ2v) is 15.6. The molecule has 0 aromatic carbocycles. The summed E-state index contributed by atoms with van der Waals surface area (Å²) in [6.07, 6.45) is 12.4. The van der Waals surface area contributed by atoms with Gasteiger partial charge in [-0.1, -0.05) is 6.08 Å². The molecule has 1 unspecified atom stereocenters. The Morgan fingerprint density at radius 2 is 1.16 bits per heavy atom. The van der Waals surface area contributed by atoms with Crippen LogP contribution < -0.4 is 10.6 Å². The molecule has 2 aliphatic carbocycles. The lowest BCUT2D eigenvalue weighted by Crippen LogP contribution is -2.59. The van der Waals surface area contributed by atoms with Crippen LogP contribution in [0, 0.1) is 17.8 Å². The number of carbonyl (C=O) groups is 2. The summed E-state index contributed by atoms with van der Waals surface area (Å²) in [5, 5.41) is 7.32. The van der Waals surface area contributed by atoms with E-state index in [1.807, 2.05) is 0 Å². The van der Waals surface area contributed by atoms with Crippen molar-refractivity contribution < 1.29 is 19.1 Å². The van der Waals surface area contributed by atoms with Crippen LogP contribution in [0.3, 0.4) is 0 Å². The summed E-state index contributed by atoms with van der Waals surface area (Å²) in [5.41, 5.74) is 0.742. The van der Waals surface area contributed by atoms with Crippen molar-refractivity contribution in [2.45, 2.75) is 160 Å². The molecule has 6 heteroatoms. The van der Waals surface area contributed by atoms with Gasteiger partial charge in [-0.2, -0.15) is 0 Å². The lowest BCUT2D eigenvalue weighted by molar-refractivity contribution is -0.160. The third-order valence-corrected chi connectivity index (χ3v) is 9.35. The lowest BCUT2D eigenvalue weighted by Gasteiger charge is -2.46. The molecular formula is C32H54N2O4. The predicted octanol–water partition coefficient (Wildman–Crippen LogP) is 6.22. The monoisotopic (exact) mass is 530 g/mol. The Hall–Kier alpha value is -1.40. The smallest absolute Gasteiger partial charge is 0.333 e. The molecule has 0 aromatic rings. The molecule has 0 radical (unpaired) electrons. The fraction of sp³-hybridized carbons (Fsp3) is 0.875. The zero-order valence-corrected chi connectivity index (χ0v) is 25.4. The highest BCUT2D eigenvalue weighted by atomic mass is 16.5. The van der Waals surface area contributed by atoms with Crippen LogP contribution in [0.1, 0.15) is 126 Å². The van der Waals surface area contributed by atoms with Gasteiger partial charge in [-0.25, -0.2) is 4.79 Å². The maximum Gasteiger partial charge on any atom is 0.333 e. The molecule has 0 aromatic heterocycles. The van der Waals surface area contributed by atoms with E-state index in [0.29, 0.717) is 11.8 Å². The van der Waals surface area contributed by atoms with Crippen LogP contribution in [0.2, 0.25) is 0 Å². The molecular weight excluding hydrogens is 476 g/mol. The van der Waals surface area contributed by atoms with Gasteiger partial charge in [-0.05, 0) is 112 Å². The maximum absolute atomic E-state index is 13.0. The predicted molar refractivity (Wildman–Crippen MR) is 152 cm³/mol. The van der Waals surface area contributed by atoms with Crippen LogP contribution in [0.5, 0.6) is 0 Å². The van der Waals surface area contributed by atoms with Crippen LogP contribution in [0.25, 0.3) is 0 Å². The van der Waals surface area contributed by atoms with Crippen molar-refractivity contribution >= 4 is 11.9 Å². The maximum atomic E-state index is 13.0. The SMILES string of the molecule is CC1(C)CC(OC(=O)C2=CCC(C3CCC(C(=O)OC4CC(C)(C)NC(C)(C)C4)CC3)CC2)CC(C)(C)N1. The first-order chi connectivity index (χ1) is 17.5. The van der Waals surface area contributed by atoms with Crippen molar-refractivity contribution in [2.75, 3.05) is 0 Å². The second kappa shape index (κ2) is 10.9. The Kier molecular flexibility index (Phi) is 8.47. The van der Waals surface area contributed by atoms with E-state index in [1.54, 1.807) is 0 Å². The van der Waals surface area contributed by atoms with E-state index in [-0.39, 0.29) is 52.2 Å². The van der Waals surface area contributed by atoms with Gasteiger partial charge in [0, 0.05) is 53.4 Å². The second-order valence-electron chi connectivity index (χ2n) is 15.6. The summed E-state index contributed by atoms with van der Waals surface area (Å²) in [6, 6.07) is 0. The highest BCUT2D eigenvalue weighted by Gasteiger charge is 2.42. The number of rotatable bonds is 5. The summed E-state index contributed by atoms with van der Waals surface area (Å²) in [4.78, 5) is 26.0. The topological polar surface area (TPSA) is 76.7 Å². The van der Waals surface area contributed by atoms with Gasteiger partial charge in [0.2, 0.25) is 0 Å². The van der Waals surface area contributed by atoms with Gasteiger partial charge in [0.1, 0.15) is 12.2 Å². The molecule has 0 bridgehead atoms. The Bertz CT molecular complexity index is 878. The van der Waals surface area contributed by atoms with E-state index in [1.165, 1.54) is 0 Å². The zero-order chi connectivity index (χ0) is 27.9. The standard InChI is InChI=1S/C32H54N2O4/c1-29(2)17-25(18-30(3,4)33-29)37-27(35)23-13-9-21(10-14-23)22-11-15-24(16-12-22)28(36)38-26-19-31(5,6)34-32(7,8)20-26/h13,21-22,24-26,33-34H,9-12,14-20H2,1-8H3. The van der Waals surface area contributed by atoms with Crippen molar-refractivity contribution in [3.63, 3.8) is 0 Å². The van der Waals surface area contributed by atoms with Crippen LogP contribution in [0.15, 0.2) is 11.6 Å². The first-order valence-electron chi connectivity index (χ1n) is 15.2. The number of nitrogens with one attached hydrogen (secondary N) is 2. The summed E-state index contributed by atoms with van der Waals surface area (Å²) < 4.78 is 12.1. The first kappa shape index (κ1) is 29.6. The van der Waals surface area contributed by atoms with E-state index in [9.17, 15) is 9.59 Å². The third kappa shape index (κ3) is 7.84. The number of hydrogen-bond acceptors (Lipinski definition) is 6.